The predicted molar refractivity (Wildman–Crippen MR) is 108 cm³/mol. The SMILES string of the molecule is O=C(Cc1ccccc1[N+](=O)[O-])Nc1nc2cc(C(F)(F)F)ccc2n1Cc1ccco1. The van der Waals surface area contributed by atoms with E-state index < -0.39 is 22.6 Å². The third kappa shape index (κ3) is 4.31. The van der Waals surface area contributed by atoms with Crippen LogP contribution in [0.25, 0.3) is 11.0 Å². The lowest BCUT2D eigenvalue weighted by molar-refractivity contribution is -0.385. The van der Waals surface area contributed by atoms with Crippen molar-refractivity contribution in [2.75, 3.05) is 5.32 Å². The number of para-hydroxylation sites is 1. The first-order valence-electron chi connectivity index (χ1n) is 9.34. The monoisotopic (exact) mass is 444 g/mol. The zero-order valence-electron chi connectivity index (χ0n) is 16.3. The minimum absolute atomic E-state index is 0.000640. The molecule has 1 amide bonds. The van der Waals surface area contributed by atoms with Gasteiger partial charge in [0.2, 0.25) is 11.9 Å². The molecule has 4 aromatic rings. The summed E-state index contributed by atoms with van der Waals surface area (Å²) in [5, 5.41) is 13.7. The molecule has 2 aromatic carbocycles. The normalized spacial score (nSPS) is 11.6. The molecule has 0 spiro atoms. The number of nitro groups is 1. The molecule has 2 heterocycles. The Morgan fingerprint density at radius 2 is 1.94 bits per heavy atom. The van der Waals surface area contributed by atoms with Crippen LogP contribution in [0.3, 0.4) is 0 Å². The number of anilines is 1. The molecule has 0 bridgehead atoms. The minimum Gasteiger partial charge on any atom is -0.467 e. The van der Waals surface area contributed by atoms with E-state index in [0.29, 0.717) is 11.3 Å². The lowest BCUT2D eigenvalue weighted by Gasteiger charge is -2.10. The van der Waals surface area contributed by atoms with Crippen molar-refractivity contribution in [3.63, 3.8) is 0 Å². The molecule has 0 radical (unpaired) electrons. The Kier molecular flexibility index (Phi) is 5.39. The fourth-order valence-corrected chi connectivity index (χ4v) is 3.30. The number of aromatic nitrogens is 2. The van der Waals surface area contributed by atoms with Crippen LogP contribution in [0.15, 0.2) is 65.3 Å². The molecular formula is C21H15F3N4O4. The van der Waals surface area contributed by atoms with Gasteiger partial charge < -0.3 is 8.98 Å². The molecular weight excluding hydrogens is 429 g/mol. The maximum atomic E-state index is 13.1. The van der Waals surface area contributed by atoms with Crippen LogP contribution in [-0.4, -0.2) is 20.4 Å². The smallest absolute Gasteiger partial charge is 0.416 e. The lowest BCUT2D eigenvalue weighted by atomic mass is 10.1. The van der Waals surface area contributed by atoms with Gasteiger partial charge in [0.15, 0.2) is 0 Å². The second-order valence-corrected chi connectivity index (χ2v) is 6.91. The van der Waals surface area contributed by atoms with Gasteiger partial charge in [-0.2, -0.15) is 13.2 Å². The third-order valence-electron chi connectivity index (χ3n) is 4.76. The van der Waals surface area contributed by atoms with E-state index in [1.807, 2.05) is 0 Å². The highest BCUT2D eigenvalue weighted by Crippen LogP contribution is 2.32. The van der Waals surface area contributed by atoms with Crippen LogP contribution < -0.4 is 5.32 Å². The van der Waals surface area contributed by atoms with Crippen molar-refractivity contribution in [2.45, 2.75) is 19.1 Å². The number of amides is 1. The molecule has 4 rings (SSSR count). The number of furan rings is 1. The van der Waals surface area contributed by atoms with Crippen molar-refractivity contribution in [3.8, 4) is 0 Å². The Morgan fingerprint density at radius 1 is 1.16 bits per heavy atom. The van der Waals surface area contributed by atoms with Crippen molar-refractivity contribution in [1.29, 1.82) is 0 Å². The van der Waals surface area contributed by atoms with Gasteiger partial charge in [-0.3, -0.25) is 20.2 Å². The van der Waals surface area contributed by atoms with Crippen molar-refractivity contribution in [1.82, 2.24) is 9.55 Å². The van der Waals surface area contributed by atoms with Gasteiger partial charge in [0, 0.05) is 11.6 Å². The summed E-state index contributed by atoms with van der Waals surface area (Å²) in [6, 6.07) is 12.2. The van der Waals surface area contributed by atoms with Gasteiger partial charge >= 0.3 is 6.18 Å². The second kappa shape index (κ2) is 8.17. The summed E-state index contributed by atoms with van der Waals surface area (Å²) >= 11 is 0. The van der Waals surface area contributed by atoms with Crippen LogP contribution in [0.5, 0.6) is 0 Å². The average molecular weight is 444 g/mol. The summed E-state index contributed by atoms with van der Waals surface area (Å²) in [7, 11) is 0. The van der Waals surface area contributed by atoms with Crippen molar-refractivity contribution >= 4 is 28.6 Å². The maximum absolute atomic E-state index is 13.1. The summed E-state index contributed by atoms with van der Waals surface area (Å²) in [6.07, 6.45) is -3.41. The van der Waals surface area contributed by atoms with Crippen LogP contribution in [0, 0.1) is 10.1 Å². The number of benzene rings is 2. The van der Waals surface area contributed by atoms with Crippen LogP contribution in [-0.2, 0) is 23.9 Å². The number of carbonyl (C=O) groups excluding carboxylic acids is 1. The third-order valence-corrected chi connectivity index (χ3v) is 4.76. The number of fused-ring (bicyclic) bond motifs is 1. The highest BCUT2D eigenvalue weighted by atomic mass is 19.4. The molecule has 0 fully saturated rings. The average Bonchev–Trinajstić information content (AvgIpc) is 3.35. The van der Waals surface area contributed by atoms with E-state index in [2.05, 4.69) is 10.3 Å². The van der Waals surface area contributed by atoms with Gasteiger partial charge in [0.05, 0.1) is 40.7 Å². The van der Waals surface area contributed by atoms with Gasteiger partial charge in [0.1, 0.15) is 5.76 Å². The second-order valence-electron chi connectivity index (χ2n) is 6.91. The summed E-state index contributed by atoms with van der Waals surface area (Å²) in [5.41, 5.74) is -0.488. The highest BCUT2D eigenvalue weighted by molar-refractivity contribution is 5.93. The van der Waals surface area contributed by atoms with Gasteiger partial charge in [-0.05, 0) is 30.3 Å². The predicted octanol–water partition coefficient (Wildman–Crippen LogP) is 4.79. The fourth-order valence-electron chi connectivity index (χ4n) is 3.30. The number of halogens is 3. The van der Waals surface area contributed by atoms with Crippen molar-refractivity contribution in [3.05, 3.63) is 87.9 Å². The van der Waals surface area contributed by atoms with E-state index in [1.54, 1.807) is 18.2 Å². The summed E-state index contributed by atoms with van der Waals surface area (Å²) < 4.78 is 46.1. The number of hydrogen-bond donors (Lipinski definition) is 1. The first kappa shape index (κ1) is 21.1. The molecule has 0 aliphatic heterocycles. The first-order chi connectivity index (χ1) is 15.2. The summed E-state index contributed by atoms with van der Waals surface area (Å²) in [6.45, 7) is 0.107. The lowest BCUT2D eigenvalue weighted by Crippen LogP contribution is -2.18. The quantitative estimate of drug-likeness (QED) is 0.340. The number of nitrogens with one attached hydrogen (secondary N) is 1. The molecule has 0 atom stereocenters. The molecule has 1 N–H and O–H groups in total. The molecule has 0 unspecified atom stereocenters. The van der Waals surface area contributed by atoms with E-state index in [-0.39, 0.29) is 35.7 Å². The van der Waals surface area contributed by atoms with E-state index in [1.165, 1.54) is 35.1 Å². The number of hydrogen-bond acceptors (Lipinski definition) is 5. The van der Waals surface area contributed by atoms with E-state index in [0.717, 1.165) is 12.1 Å². The molecule has 32 heavy (non-hydrogen) atoms. The minimum atomic E-state index is -4.55. The first-order valence-corrected chi connectivity index (χ1v) is 9.34. The zero-order chi connectivity index (χ0) is 22.9. The molecule has 0 aliphatic rings. The molecule has 164 valence electrons. The van der Waals surface area contributed by atoms with Crippen molar-refractivity contribution in [2.24, 2.45) is 0 Å². The Labute approximate surface area is 178 Å². The Balaban J connectivity index is 1.69. The molecule has 0 aliphatic carbocycles. The molecule has 11 heteroatoms. The van der Waals surface area contributed by atoms with Crippen LogP contribution in [0.1, 0.15) is 16.9 Å². The van der Waals surface area contributed by atoms with Crippen molar-refractivity contribution < 1.29 is 27.3 Å². The number of carbonyl (C=O) groups is 1. The summed E-state index contributed by atoms with van der Waals surface area (Å²) in [4.78, 5) is 27.4. The topological polar surface area (TPSA) is 103 Å². The van der Waals surface area contributed by atoms with Gasteiger partial charge in [0.25, 0.3) is 5.69 Å². The van der Waals surface area contributed by atoms with Gasteiger partial charge in [-0.1, -0.05) is 18.2 Å². The van der Waals surface area contributed by atoms with Gasteiger partial charge in [-0.25, -0.2) is 4.98 Å². The number of imidazole rings is 1. The molecule has 2 aromatic heterocycles. The fraction of sp³-hybridized carbons (Fsp3) is 0.143. The van der Waals surface area contributed by atoms with Crippen LogP contribution >= 0.6 is 0 Å². The van der Waals surface area contributed by atoms with E-state index in [4.69, 9.17) is 4.42 Å². The standard InChI is InChI=1S/C21H15F3N4O4/c22-21(23,24)14-7-8-18-16(11-14)25-20(27(18)12-15-5-3-9-32-15)26-19(29)10-13-4-1-2-6-17(13)28(30)31/h1-9,11H,10,12H2,(H,25,26,29). The Morgan fingerprint density at radius 3 is 2.62 bits per heavy atom. The summed E-state index contributed by atoms with van der Waals surface area (Å²) in [5.74, 6) is -0.107. The number of nitro benzene ring substituents is 1. The molecule has 8 nitrogen and oxygen atoms in total. The number of rotatable bonds is 6. The maximum Gasteiger partial charge on any atom is 0.416 e. The number of alkyl halides is 3. The Hall–Kier alpha value is -4.15. The number of nitrogens with zero attached hydrogens (tertiary/aromatic N) is 3. The highest BCUT2D eigenvalue weighted by Gasteiger charge is 2.31. The van der Waals surface area contributed by atoms with Gasteiger partial charge in [-0.15, -0.1) is 0 Å². The van der Waals surface area contributed by atoms with Crippen LogP contribution in [0.2, 0.25) is 0 Å². The Bertz CT molecular complexity index is 1300. The molecule has 0 saturated carbocycles. The van der Waals surface area contributed by atoms with E-state index in [9.17, 15) is 28.1 Å². The van der Waals surface area contributed by atoms with E-state index >= 15 is 0 Å². The van der Waals surface area contributed by atoms with Crippen LogP contribution in [0.4, 0.5) is 24.8 Å². The molecule has 0 saturated heterocycles. The largest absolute Gasteiger partial charge is 0.467 e. The zero-order valence-corrected chi connectivity index (χ0v) is 16.3.